The van der Waals surface area contributed by atoms with Crippen LogP contribution in [0.2, 0.25) is 0 Å². The molecule has 0 spiro atoms. The molecule has 1 fully saturated rings. The summed E-state index contributed by atoms with van der Waals surface area (Å²) < 4.78 is 28.3. The van der Waals surface area contributed by atoms with Crippen LogP contribution in [-0.2, 0) is 17.1 Å². The molecule has 7 nitrogen and oxygen atoms in total. The monoisotopic (exact) mass is 322 g/mol. The normalized spacial score (nSPS) is 23.0. The van der Waals surface area contributed by atoms with Crippen molar-refractivity contribution < 1.29 is 13.5 Å². The highest BCUT2D eigenvalue weighted by Gasteiger charge is 2.41. The summed E-state index contributed by atoms with van der Waals surface area (Å²) in [4.78, 5) is 8.24. The lowest BCUT2D eigenvalue weighted by molar-refractivity contribution is 0.222. The Morgan fingerprint density at radius 3 is 2.73 bits per heavy atom. The van der Waals surface area contributed by atoms with Gasteiger partial charge in [-0.1, -0.05) is 6.07 Å². The van der Waals surface area contributed by atoms with Crippen molar-refractivity contribution >= 4 is 10.0 Å². The van der Waals surface area contributed by atoms with Crippen molar-refractivity contribution in [3.05, 3.63) is 42.6 Å². The summed E-state index contributed by atoms with van der Waals surface area (Å²) in [5.41, 5.74) is 0.806. The minimum atomic E-state index is -3.64. The van der Waals surface area contributed by atoms with Crippen molar-refractivity contribution in [3.8, 4) is 0 Å². The second-order valence-electron chi connectivity index (χ2n) is 5.50. The molecular weight excluding hydrogens is 304 g/mol. The first kappa shape index (κ1) is 15.1. The Morgan fingerprint density at radius 1 is 1.32 bits per heavy atom. The zero-order valence-corrected chi connectivity index (χ0v) is 13.0. The molecule has 118 valence electrons. The summed E-state index contributed by atoms with van der Waals surface area (Å²) in [7, 11) is -1.91. The molecule has 1 aliphatic heterocycles. The van der Waals surface area contributed by atoms with Gasteiger partial charge in [0.25, 0.3) is 10.0 Å². The number of aromatic nitrogens is 3. The molecule has 2 atom stereocenters. The summed E-state index contributed by atoms with van der Waals surface area (Å²) in [5, 5.41) is 9.62. The summed E-state index contributed by atoms with van der Waals surface area (Å²) >= 11 is 0. The number of rotatable bonds is 4. The minimum Gasteiger partial charge on any atom is -0.396 e. The molecule has 1 saturated heterocycles. The van der Waals surface area contributed by atoms with Gasteiger partial charge in [0.05, 0.1) is 6.33 Å². The van der Waals surface area contributed by atoms with E-state index in [0.29, 0.717) is 6.54 Å². The van der Waals surface area contributed by atoms with E-state index < -0.39 is 10.0 Å². The van der Waals surface area contributed by atoms with Gasteiger partial charge in [-0.3, -0.25) is 4.98 Å². The number of sulfonamides is 1. The molecule has 0 radical (unpaired) electrons. The van der Waals surface area contributed by atoms with Crippen molar-refractivity contribution in [3.63, 3.8) is 0 Å². The van der Waals surface area contributed by atoms with E-state index in [2.05, 4.69) is 9.97 Å². The second-order valence-corrected chi connectivity index (χ2v) is 7.39. The van der Waals surface area contributed by atoms with E-state index in [4.69, 9.17) is 0 Å². The Morgan fingerprint density at radius 2 is 2.14 bits per heavy atom. The van der Waals surface area contributed by atoms with E-state index in [1.807, 2.05) is 18.2 Å². The molecule has 0 unspecified atom stereocenters. The van der Waals surface area contributed by atoms with E-state index in [-0.39, 0.29) is 30.0 Å². The predicted molar refractivity (Wildman–Crippen MR) is 79.5 cm³/mol. The standard InChI is InChI=1S/C14H18N4O3S/c1-17-8-14(16-10-17)22(20,21)18-6-11(9-19)12(7-18)13-4-2-3-5-15-13/h2-5,8,10-12,19H,6-7,9H2,1H3/t11-,12-/m0/s1. The number of hydrogen-bond donors (Lipinski definition) is 1. The Balaban J connectivity index is 1.88. The van der Waals surface area contributed by atoms with Gasteiger partial charge in [0.2, 0.25) is 0 Å². The fourth-order valence-corrected chi connectivity index (χ4v) is 4.29. The summed E-state index contributed by atoms with van der Waals surface area (Å²) in [6, 6.07) is 5.55. The maximum atomic E-state index is 12.6. The minimum absolute atomic E-state index is 0.0355. The summed E-state index contributed by atoms with van der Waals surface area (Å²) in [5.74, 6) is -0.266. The molecule has 8 heteroatoms. The van der Waals surface area contributed by atoms with E-state index in [1.165, 1.54) is 16.8 Å². The lowest BCUT2D eigenvalue weighted by atomic mass is 9.93. The highest BCUT2D eigenvalue weighted by atomic mass is 32.2. The number of aliphatic hydroxyl groups excluding tert-OH is 1. The fraction of sp³-hybridized carbons (Fsp3) is 0.429. The molecule has 0 aliphatic carbocycles. The lowest BCUT2D eigenvalue weighted by Crippen LogP contribution is -2.29. The molecule has 0 saturated carbocycles. The average molecular weight is 322 g/mol. The molecule has 2 aromatic heterocycles. The molecule has 0 amide bonds. The van der Waals surface area contributed by atoms with Crippen LogP contribution in [-0.4, -0.2) is 52.1 Å². The zero-order valence-electron chi connectivity index (χ0n) is 12.2. The Bertz CT molecular complexity index is 744. The van der Waals surface area contributed by atoms with Gasteiger partial charge in [0, 0.05) is 56.7 Å². The number of pyridine rings is 1. The van der Waals surface area contributed by atoms with Crippen LogP contribution >= 0.6 is 0 Å². The van der Waals surface area contributed by atoms with Crippen LogP contribution in [0.4, 0.5) is 0 Å². The van der Waals surface area contributed by atoms with Gasteiger partial charge in [0.15, 0.2) is 5.03 Å². The first-order valence-electron chi connectivity index (χ1n) is 7.02. The maximum Gasteiger partial charge on any atom is 0.262 e. The topological polar surface area (TPSA) is 88.3 Å². The summed E-state index contributed by atoms with van der Waals surface area (Å²) in [6.45, 7) is 0.507. The Labute approximate surface area is 129 Å². The largest absolute Gasteiger partial charge is 0.396 e. The third-order valence-corrected chi connectivity index (χ3v) is 5.71. The van der Waals surface area contributed by atoms with Crippen LogP contribution in [0.1, 0.15) is 11.6 Å². The lowest BCUT2D eigenvalue weighted by Gasteiger charge is -2.15. The van der Waals surface area contributed by atoms with Gasteiger partial charge in [0.1, 0.15) is 0 Å². The van der Waals surface area contributed by atoms with Gasteiger partial charge in [-0.15, -0.1) is 0 Å². The van der Waals surface area contributed by atoms with E-state index >= 15 is 0 Å². The SMILES string of the molecule is Cn1cnc(S(=O)(=O)N2C[C@@H](CO)[C@@H](c3ccccn3)C2)c1. The van der Waals surface area contributed by atoms with Crippen molar-refractivity contribution in [1.82, 2.24) is 18.8 Å². The van der Waals surface area contributed by atoms with Gasteiger partial charge in [-0.25, -0.2) is 13.4 Å². The van der Waals surface area contributed by atoms with Crippen LogP contribution < -0.4 is 0 Å². The number of imidazole rings is 1. The van der Waals surface area contributed by atoms with Gasteiger partial charge in [-0.05, 0) is 12.1 Å². The van der Waals surface area contributed by atoms with Gasteiger partial charge >= 0.3 is 0 Å². The van der Waals surface area contributed by atoms with Crippen molar-refractivity contribution in [1.29, 1.82) is 0 Å². The van der Waals surface area contributed by atoms with Crippen LogP contribution in [0.3, 0.4) is 0 Å². The van der Waals surface area contributed by atoms with Gasteiger partial charge < -0.3 is 9.67 Å². The van der Waals surface area contributed by atoms with E-state index in [0.717, 1.165) is 5.69 Å². The number of hydrogen-bond acceptors (Lipinski definition) is 5. The fourth-order valence-electron chi connectivity index (χ4n) is 2.80. The van der Waals surface area contributed by atoms with Crippen molar-refractivity contribution in [2.24, 2.45) is 13.0 Å². The molecule has 1 aliphatic rings. The van der Waals surface area contributed by atoms with E-state index in [1.54, 1.807) is 17.8 Å². The molecule has 2 aromatic rings. The number of nitrogens with zero attached hydrogens (tertiary/aromatic N) is 4. The highest BCUT2D eigenvalue weighted by molar-refractivity contribution is 7.89. The van der Waals surface area contributed by atoms with Crippen molar-refractivity contribution in [2.75, 3.05) is 19.7 Å². The molecule has 22 heavy (non-hydrogen) atoms. The van der Waals surface area contributed by atoms with Crippen LogP contribution in [0, 0.1) is 5.92 Å². The second kappa shape index (κ2) is 5.79. The van der Waals surface area contributed by atoms with Gasteiger partial charge in [-0.2, -0.15) is 4.31 Å². The van der Waals surface area contributed by atoms with Crippen LogP contribution in [0.5, 0.6) is 0 Å². The zero-order chi connectivity index (χ0) is 15.7. The third-order valence-electron chi connectivity index (χ3n) is 4.00. The predicted octanol–water partition coefficient (Wildman–Crippen LogP) is 0.212. The quantitative estimate of drug-likeness (QED) is 0.869. The molecule has 3 rings (SSSR count). The molecule has 3 heterocycles. The van der Waals surface area contributed by atoms with E-state index in [9.17, 15) is 13.5 Å². The average Bonchev–Trinajstić information content (AvgIpc) is 3.14. The maximum absolute atomic E-state index is 12.6. The Hall–Kier alpha value is -1.77. The van der Waals surface area contributed by atoms with Crippen LogP contribution in [0.25, 0.3) is 0 Å². The molecule has 1 N–H and O–H groups in total. The van der Waals surface area contributed by atoms with Crippen molar-refractivity contribution in [2.45, 2.75) is 10.9 Å². The number of aryl methyl sites for hydroxylation is 1. The first-order valence-corrected chi connectivity index (χ1v) is 8.46. The third kappa shape index (κ3) is 2.65. The smallest absolute Gasteiger partial charge is 0.262 e. The number of aliphatic hydroxyl groups is 1. The van der Waals surface area contributed by atoms with Crippen LogP contribution in [0.15, 0.2) is 41.9 Å². The molecule has 0 aromatic carbocycles. The Kier molecular flexibility index (Phi) is 3.98. The highest BCUT2D eigenvalue weighted by Crippen LogP contribution is 2.34. The molecular formula is C14H18N4O3S. The first-order chi connectivity index (χ1) is 10.5. The molecule has 0 bridgehead atoms. The summed E-state index contributed by atoms with van der Waals surface area (Å²) in [6.07, 6.45) is 4.62.